The van der Waals surface area contributed by atoms with Crippen LogP contribution in [0, 0.1) is 5.92 Å². The Bertz CT molecular complexity index is 1070. The first-order valence-corrected chi connectivity index (χ1v) is 11.5. The molecule has 1 aliphatic heterocycles. The molecule has 1 aliphatic rings. The van der Waals surface area contributed by atoms with Crippen molar-refractivity contribution in [2.24, 2.45) is 5.92 Å². The summed E-state index contributed by atoms with van der Waals surface area (Å²) in [6.07, 6.45) is 0.793. The molecule has 1 fully saturated rings. The fraction of sp³-hybridized carbons (Fsp3) is 0.455. The van der Waals surface area contributed by atoms with E-state index in [1.165, 1.54) is 16.2 Å². The van der Waals surface area contributed by atoms with Crippen LogP contribution in [0.5, 0.6) is 0 Å². The molecule has 1 aromatic heterocycles. The highest BCUT2D eigenvalue weighted by Gasteiger charge is 2.39. The van der Waals surface area contributed by atoms with Gasteiger partial charge in [0.15, 0.2) is 0 Å². The lowest BCUT2D eigenvalue weighted by Crippen LogP contribution is -2.56. The SMILES string of the molecule is CC(C)[C@H](NC(=O)c1ccc2ncsc2c1)C(=O)N1CCC[C@H]1C(=O)N[C@H](C=O)CC(=O)O. The number of carbonyl (C=O) groups excluding carboxylic acids is 4. The Morgan fingerprint density at radius 2 is 2.03 bits per heavy atom. The fourth-order valence-corrected chi connectivity index (χ4v) is 4.53. The largest absolute Gasteiger partial charge is 0.481 e. The molecule has 3 amide bonds. The summed E-state index contributed by atoms with van der Waals surface area (Å²) in [6, 6.07) is 2.25. The Hall–Kier alpha value is -3.34. The summed E-state index contributed by atoms with van der Waals surface area (Å²) in [5, 5.41) is 14.1. The Kier molecular flexibility index (Phi) is 7.75. The number of aldehydes is 1. The Labute approximate surface area is 194 Å². The molecular formula is C22H26N4O6S. The third-order valence-corrected chi connectivity index (χ3v) is 6.33. The summed E-state index contributed by atoms with van der Waals surface area (Å²) in [6.45, 7) is 3.93. The van der Waals surface area contributed by atoms with E-state index in [0.717, 1.165) is 10.2 Å². The van der Waals surface area contributed by atoms with Crippen LogP contribution in [0.25, 0.3) is 10.2 Å². The van der Waals surface area contributed by atoms with Crippen molar-refractivity contribution in [2.75, 3.05) is 6.54 Å². The maximum atomic E-state index is 13.3. The summed E-state index contributed by atoms with van der Waals surface area (Å²) in [5.74, 6) is -2.84. The van der Waals surface area contributed by atoms with Gasteiger partial charge >= 0.3 is 5.97 Å². The molecule has 3 atom stereocenters. The number of aromatic nitrogens is 1. The van der Waals surface area contributed by atoms with Gasteiger partial charge in [0.2, 0.25) is 11.8 Å². The zero-order chi connectivity index (χ0) is 24.1. The minimum Gasteiger partial charge on any atom is -0.481 e. The first-order chi connectivity index (χ1) is 15.7. The van der Waals surface area contributed by atoms with E-state index in [4.69, 9.17) is 5.11 Å². The molecule has 3 rings (SSSR count). The van der Waals surface area contributed by atoms with Crippen molar-refractivity contribution in [1.82, 2.24) is 20.5 Å². The molecule has 1 aromatic carbocycles. The molecule has 10 nitrogen and oxygen atoms in total. The van der Waals surface area contributed by atoms with Crippen LogP contribution in [0.3, 0.4) is 0 Å². The van der Waals surface area contributed by atoms with E-state index in [1.807, 2.05) is 0 Å². The summed E-state index contributed by atoms with van der Waals surface area (Å²) in [4.78, 5) is 66.5. The van der Waals surface area contributed by atoms with Gasteiger partial charge in [-0.1, -0.05) is 13.8 Å². The zero-order valence-electron chi connectivity index (χ0n) is 18.3. The molecule has 0 bridgehead atoms. The highest BCUT2D eigenvalue weighted by molar-refractivity contribution is 7.16. The molecule has 0 unspecified atom stereocenters. The lowest BCUT2D eigenvalue weighted by molar-refractivity contribution is -0.142. The number of nitrogens with zero attached hydrogens (tertiary/aromatic N) is 2. The average molecular weight is 475 g/mol. The molecule has 33 heavy (non-hydrogen) atoms. The van der Waals surface area contributed by atoms with Gasteiger partial charge in [0.05, 0.1) is 28.2 Å². The van der Waals surface area contributed by atoms with E-state index in [9.17, 15) is 24.0 Å². The zero-order valence-corrected chi connectivity index (χ0v) is 19.1. The number of fused-ring (bicyclic) bond motifs is 1. The third-order valence-electron chi connectivity index (χ3n) is 5.54. The van der Waals surface area contributed by atoms with Crippen LogP contribution in [-0.2, 0) is 19.2 Å². The third kappa shape index (κ3) is 5.72. The van der Waals surface area contributed by atoms with Crippen molar-refractivity contribution in [1.29, 1.82) is 0 Å². The van der Waals surface area contributed by atoms with Crippen molar-refractivity contribution < 1.29 is 29.1 Å². The normalized spacial score (nSPS) is 17.5. The van der Waals surface area contributed by atoms with Crippen LogP contribution in [0.2, 0.25) is 0 Å². The molecule has 1 saturated heterocycles. The average Bonchev–Trinajstić information content (AvgIpc) is 3.44. The second-order valence-corrected chi connectivity index (χ2v) is 9.16. The monoisotopic (exact) mass is 474 g/mol. The molecular weight excluding hydrogens is 448 g/mol. The number of hydrogen-bond donors (Lipinski definition) is 3. The minimum absolute atomic E-state index is 0.243. The molecule has 0 saturated carbocycles. The Balaban J connectivity index is 1.72. The van der Waals surface area contributed by atoms with Crippen LogP contribution >= 0.6 is 11.3 Å². The molecule has 2 heterocycles. The molecule has 0 radical (unpaired) electrons. The summed E-state index contributed by atoms with van der Waals surface area (Å²) in [5.41, 5.74) is 2.88. The van der Waals surface area contributed by atoms with Crippen LogP contribution in [-0.4, -0.2) is 69.6 Å². The van der Waals surface area contributed by atoms with Gasteiger partial charge < -0.3 is 25.4 Å². The number of likely N-dealkylation sites (tertiary alicyclic amines) is 1. The first kappa shape index (κ1) is 24.3. The molecule has 2 aromatic rings. The summed E-state index contributed by atoms with van der Waals surface area (Å²) >= 11 is 1.41. The van der Waals surface area contributed by atoms with E-state index in [-0.39, 0.29) is 5.92 Å². The maximum absolute atomic E-state index is 13.3. The van der Waals surface area contributed by atoms with Crippen molar-refractivity contribution in [3.8, 4) is 0 Å². The van der Waals surface area contributed by atoms with Gasteiger partial charge in [-0.3, -0.25) is 19.2 Å². The van der Waals surface area contributed by atoms with Crippen molar-refractivity contribution in [2.45, 2.75) is 51.2 Å². The molecule has 3 N–H and O–H groups in total. The van der Waals surface area contributed by atoms with Gasteiger partial charge in [0.25, 0.3) is 5.91 Å². The minimum atomic E-state index is -1.22. The smallest absolute Gasteiger partial charge is 0.305 e. The van der Waals surface area contributed by atoms with Crippen LogP contribution in [0.4, 0.5) is 0 Å². The standard InChI is InChI=1S/C22H26N4O6S/c1-12(2)19(25-20(30)13-5-6-15-17(8-13)33-11-23-15)22(32)26-7-3-4-16(26)21(31)24-14(10-27)9-18(28)29/h5-6,8,10-12,14,16,19H,3-4,7,9H2,1-2H3,(H,24,31)(H,25,30)(H,28,29)/t14-,16-,19-/m0/s1. The Morgan fingerprint density at radius 1 is 1.27 bits per heavy atom. The van der Waals surface area contributed by atoms with Crippen molar-refractivity contribution in [3.05, 3.63) is 29.3 Å². The van der Waals surface area contributed by atoms with E-state index in [1.54, 1.807) is 37.6 Å². The first-order valence-electron chi connectivity index (χ1n) is 10.6. The molecule has 0 spiro atoms. The van der Waals surface area contributed by atoms with Crippen LogP contribution < -0.4 is 10.6 Å². The maximum Gasteiger partial charge on any atom is 0.305 e. The predicted octanol–water partition coefficient (Wildman–Crippen LogP) is 1.20. The second-order valence-electron chi connectivity index (χ2n) is 8.27. The number of rotatable bonds is 9. The number of amides is 3. The quantitative estimate of drug-likeness (QED) is 0.463. The molecule has 0 aliphatic carbocycles. The number of hydrogen-bond acceptors (Lipinski definition) is 7. The summed E-state index contributed by atoms with van der Waals surface area (Å²) in [7, 11) is 0. The fourth-order valence-electron chi connectivity index (χ4n) is 3.82. The number of carboxylic acid groups (broad SMARTS) is 1. The number of thiazole rings is 1. The van der Waals surface area contributed by atoms with Gasteiger partial charge in [0, 0.05) is 12.1 Å². The highest BCUT2D eigenvalue weighted by Crippen LogP contribution is 2.22. The molecule has 11 heteroatoms. The predicted molar refractivity (Wildman–Crippen MR) is 121 cm³/mol. The van der Waals surface area contributed by atoms with E-state index in [2.05, 4.69) is 15.6 Å². The molecule has 176 valence electrons. The second kappa shape index (κ2) is 10.5. The van der Waals surface area contributed by atoms with Crippen molar-refractivity contribution >= 4 is 51.5 Å². The number of carboxylic acids is 1. The summed E-state index contributed by atoms with van der Waals surface area (Å²) < 4.78 is 0.859. The topological polar surface area (TPSA) is 146 Å². The lowest BCUT2D eigenvalue weighted by atomic mass is 10.0. The highest BCUT2D eigenvalue weighted by atomic mass is 32.1. The van der Waals surface area contributed by atoms with E-state index < -0.39 is 48.2 Å². The number of aliphatic carboxylic acids is 1. The van der Waals surface area contributed by atoms with Gasteiger partial charge in [-0.25, -0.2) is 4.98 Å². The van der Waals surface area contributed by atoms with Gasteiger partial charge in [-0.15, -0.1) is 11.3 Å². The lowest BCUT2D eigenvalue weighted by Gasteiger charge is -2.31. The Morgan fingerprint density at radius 3 is 2.70 bits per heavy atom. The number of benzene rings is 1. The van der Waals surface area contributed by atoms with Gasteiger partial charge in [-0.05, 0) is 37.0 Å². The number of nitrogens with one attached hydrogen (secondary N) is 2. The number of carbonyl (C=O) groups is 5. The van der Waals surface area contributed by atoms with Crippen LogP contribution in [0.1, 0.15) is 43.5 Å². The van der Waals surface area contributed by atoms with E-state index in [0.29, 0.717) is 31.2 Å². The van der Waals surface area contributed by atoms with Crippen molar-refractivity contribution in [3.63, 3.8) is 0 Å². The van der Waals surface area contributed by atoms with E-state index >= 15 is 0 Å². The van der Waals surface area contributed by atoms with Crippen LogP contribution in [0.15, 0.2) is 23.7 Å². The van der Waals surface area contributed by atoms with Gasteiger partial charge in [0.1, 0.15) is 18.4 Å². The van der Waals surface area contributed by atoms with Gasteiger partial charge in [-0.2, -0.15) is 0 Å².